The van der Waals surface area contributed by atoms with Gasteiger partial charge in [0.15, 0.2) is 0 Å². The fourth-order valence-corrected chi connectivity index (χ4v) is 3.31. The van der Waals surface area contributed by atoms with E-state index >= 15 is 0 Å². The van der Waals surface area contributed by atoms with E-state index in [4.69, 9.17) is 9.47 Å². The lowest BCUT2D eigenvalue weighted by Crippen LogP contribution is -2.36. The third-order valence-electron chi connectivity index (χ3n) is 4.29. The molecule has 1 aliphatic heterocycles. The summed E-state index contributed by atoms with van der Waals surface area (Å²) >= 11 is 0. The molecule has 2 nitrogen and oxygen atoms in total. The van der Waals surface area contributed by atoms with Gasteiger partial charge in [-0.25, -0.2) is 0 Å². The van der Waals surface area contributed by atoms with Gasteiger partial charge in [-0.15, -0.1) is 0 Å². The summed E-state index contributed by atoms with van der Waals surface area (Å²) in [5, 5.41) is 0. The van der Waals surface area contributed by atoms with Crippen LogP contribution in [-0.4, -0.2) is 19.3 Å². The molecular weight excluding hydrogens is 236 g/mol. The van der Waals surface area contributed by atoms with E-state index in [-0.39, 0.29) is 5.60 Å². The molecule has 1 aromatic carbocycles. The molecule has 0 bridgehead atoms. The predicted octanol–water partition coefficient (Wildman–Crippen LogP) is 4.39. The average Bonchev–Trinajstić information content (AvgIpc) is 2.39. The van der Waals surface area contributed by atoms with E-state index in [0.717, 1.165) is 24.7 Å². The van der Waals surface area contributed by atoms with Crippen molar-refractivity contribution in [1.82, 2.24) is 0 Å². The molecule has 1 heterocycles. The molecule has 1 saturated heterocycles. The zero-order chi connectivity index (χ0) is 13.9. The summed E-state index contributed by atoms with van der Waals surface area (Å²) in [5.74, 6) is 2.29. The second kappa shape index (κ2) is 5.96. The Hall–Kier alpha value is -1.02. The van der Waals surface area contributed by atoms with Gasteiger partial charge in [0.1, 0.15) is 5.75 Å². The summed E-state index contributed by atoms with van der Waals surface area (Å²) in [6, 6.07) is 8.58. The lowest BCUT2D eigenvalue weighted by Gasteiger charge is -2.39. The van der Waals surface area contributed by atoms with Crippen molar-refractivity contribution in [3.8, 4) is 5.75 Å². The van der Waals surface area contributed by atoms with Gasteiger partial charge < -0.3 is 9.47 Å². The standard InChI is InChI=1S/C17H26O2/c1-5-16(13-6-8-15(18-4)9-7-13)14-10-11-19-17(2,3)12-14/h6-9,14,16H,5,10-12H2,1-4H3. The van der Waals surface area contributed by atoms with Gasteiger partial charge in [0.2, 0.25) is 0 Å². The van der Waals surface area contributed by atoms with E-state index in [0.29, 0.717) is 5.92 Å². The fourth-order valence-electron chi connectivity index (χ4n) is 3.31. The van der Waals surface area contributed by atoms with Crippen LogP contribution >= 0.6 is 0 Å². The highest BCUT2D eigenvalue weighted by Gasteiger charge is 2.33. The first kappa shape index (κ1) is 14.4. The van der Waals surface area contributed by atoms with Crippen molar-refractivity contribution >= 4 is 0 Å². The van der Waals surface area contributed by atoms with Crippen LogP contribution < -0.4 is 4.74 Å². The maximum absolute atomic E-state index is 5.84. The van der Waals surface area contributed by atoms with Crippen molar-refractivity contribution in [3.05, 3.63) is 29.8 Å². The Labute approximate surface area is 117 Å². The van der Waals surface area contributed by atoms with Crippen LogP contribution in [0.4, 0.5) is 0 Å². The molecule has 2 rings (SSSR count). The van der Waals surface area contributed by atoms with E-state index in [2.05, 4.69) is 45.0 Å². The van der Waals surface area contributed by atoms with E-state index in [9.17, 15) is 0 Å². The zero-order valence-corrected chi connectivity index (χ0v) is 12.6. The smallest absolute Gasteiger partial charge is 0.118 e. The number of hydrogen-bond donors (Lipinski definition) is 0. The maximum atomic E-state index is 5.84. The Bertz CT molecular complexity index is 394. The Morgan fingerprint density at radius 2 is 2.00 bits per heavy atom. The Kier molecular flexibility index (Phi) is 4.51. The Morgan fingerprint density at radius 1 is 1.32 bits per heavy atom. The predicted molar refractivity (Wildman–Crippen MR) is 78.8 cm³/mol. The first-order valence-electron chi connectivity index (χ1n) is 7.33. The van der Waals surface area contributed by atoms with Crippen LogP contribution in [0, 0.1) is 5.92 Å². The summed E-state index contributed by atoms with van der Waals surface area (Å²) in [5.41, 5.74) is 1.47. The number of methoxy groups -OCH3 is 1. The molecule has 1 aliphatic rings. The van der Waals surface area contributed by atoms with Crippen LogP contribution in [-0.2, 0) is 4.74 Å². The van der Waals surface area contributed by atoms with E-state index < -0.39 is 0 Å². The van der Waals surface area contributed by atoms with Crippen LogP contribution in [0.15, 0.2) is 24.3 Å². The molecule has 0 amide bonds. The first-order chi connectivity index (χ1) is 9.05. The molecule has 0 spiro atoms. The van der Waals surface area contributed by atoms with Crippen LogP contribution in [0.1, 0.15) is 51.5 Å². The average molecular weight is 262 g/mol. The van der Waals surface area contributed by atoms with Gasteiger partial charge in [-0.2, -0.15) is 0 Å². The third-order valence-corrected chi connectivity index (χ3v) is 4.29. The Balaban J connectivity index is 2.14. The topological polar surface area (TPSA) is 18.5 Å². The number of hydrogen-bond acceptors (Lipinski definition) is 2. The molecule has 1 fully saturated rings. The third kappa shape index (κ3) is 3.50. The van der Waals surface area contributed by atoms with E-state index in [1.807, 2.05) is 0 Å². The van der Waals surface area contributed by atoms with Crippen LogP contribution in [0.5, 0.6) is 5.75 Å². The normalized spacial score (nSPS) is 23.9. The minimum Gasteiger partial charge on any atom is -0.497 e. The quantitative estimate of drug-likeness (QED) is 0.801. The van der Waals surface area contributed by atoms with Crippen molar-refractivity contribution in [2.24, 2.45) is 5.92 Å². The van der Waals surface area contributed by atoms with Gasteiger partial charge in [-0.3, -0.25) is 0 Å². The second-order valence-corrected chi connectivity index (χ2v) is 6.15. The lowest BCUT2D eigenvalue weighted by atomic mass is 9.75. The van der Waals surface area contributed by atoms with Crippen molar-refractivity contribution < 1.29 is 9.47 Å². The van der Waals surface area contributed by atoms with Crippen LogP contribution in [0.25, 0.3) is 0 Å². The summed E-state index contributed by atoms with van der Waals surface area (Å²) < 4.78 is 11.1. The number of rotatable bonds is 4. The Morgan fingerprint density at radius 3 is 2.53 bits per heavy atom. The molecular formula is C17H26O2. The molecule has 0 N–H and O–H groups in total. The molecule has 2 atom stereocenters. The van der Waals surface area contributed by atoms with E-state index in [1.165, 1.54) is 18.4 Å². The van der Waals surface area contributed by atoms with Gasteiger partial charge >= 0.3 is 0 Å². The van der Waals surface area contributed by atoms with Crippen molar-refractivity contribution in [2.75, 3.05) is 13.7 Å². The molecule has 2 unspecified atom stereocenters. The first-order valence-corrected chi connectivity index (χ1v) is 7.33. The number of ether oxygens (including phenoxy) is 2. The molecule has 0 aromatic heterocycles. The lowest BCUT2D eigenvalue weighted by molar-refractivity contribution is -0.0770. The minimum atomic E-state index is 0.0306. The molecule has 0 saturated carbocycles. The summed E-state index contributed by atoms with van der Waals surface area (Å²) in [7, 11) is 1.72. The largest absolute Gasteiger partial charge is 0.497 e. The molecule has 106 valence electrons. The molecule has 0 aliphatic carbocycles. The van der Waals surface area contributed by atoms with Crippen LogP contribution in [0.2, 0.25) is 0 Å². The highest BCUT2D eigenvalue weighted by Crippen LogP contribution is 2.40. The van der Waals surface area contributed by atoms with Crippen molar-refractivity contribution in [1.29, 1.82) is 0 Å². The van der Waals surface area contributed by atoms with E-state index in [1.54, 1.807) is 7.11 Å². The highest BCUT2D eigenvalue weighted by molar-refractivity contribution is 5.29. The highest BCUT2D eigenvalue weighted by atomic mass is 16.5. The SMILES string of the molecule is CCC(c1ccc(OC)cc1)C1CCOC(C)(C)C1. The van der Waals surface area contributed by atoms with Gasteiger partial charge in [0.05, 0.1) is 12.7 Å². The minimum absolute atomic E-state index is 0.0306. The zero-order valence-electron chi connectivity index (χ0n) is 12.6. The molecule has 2 heteroatoms. The van der Waals surface area contributed by atoms with Gasteiger partial charge in [-0.05, 0) is 62.6 Å². The molecule has 1 aromatic rings. The summed E-state index contributed by atoms with van der Waals surface area (Å²) in [6.45, 7) is 7.60. The maximum Gasteiger partial charge on any atom is 0.118 e. The summed E-state index contributed by atoms with van der Waals surface area (Å²) in [6.07, 6.45) is 3.51. The molecule has 19 heavy (non-hydrogen) atoms. The van der Waals surface area contributed by atoms with Gasteiger partial charge in [0, 0.05) is 6.61 Å². The number of benzene rings is 1. The monoisotopic (exact) mass is 262 g/mol. The van der Waals surface area contributed by atoms with Crippen molar-refractivity contribution in [3.63, 3.8) is 0 Å². The van der Waals surface area contributed by atoms with Gasteiger partial charge in [-0.1, -0.05) is 19.1 Å². The second-order valence-electron chi connectivity index (χ2n) is 6.15. The van der Waals surface area contributed by atoms with Crippen LogP contribution in [0.3, 0.4) is 0 Å². The van der Waals surface area contributed by atoms with Gasteiger partial charge in [0.25, 0.3) is 0 Å². The summed E-state index contributed by atoms with van der Waals surface area (Å²) in [4.78, 5) is 0. The fraction of sp³-hybridized carbons (Fsp3) is 0.647. The molecule has 0 radical (unpaired) electrons. The van der Waals surface area contributed by atoms with Crippen molar-refractivity contribution in [2.45, 2.75) is 51.6 Å².